The normalized spacial score (nSPS) is 26.1. The van der Waals surface area contributed by atoms with Crippen LogP contribution in [0.15, 0.2) is 22.7 Å². The highest BCUT2D eigenvalue weighted by atomic mass is 79.9. The van der Waals surface area contributed by atoms with Gasteiger partial charge in [0.1, 0.15) is 6.04 Å². The Morgan fingerprint density at radius 1 is 1.19 bits per heavy atom. The predicted molar refractivity (Wildman–Crippen MR) is 105 cm³/mol. The molecule has 3 N–H and O–H groups in total. The number of methoxy groups -OCH3 is 1. The van der Waals surface area contributed by atoms with Crippen LogP contribution in [-0.4, -0.2) is 37.1 Å². The van der Waals surface area contributed by atoms with E-state index in [-0.39, 0.29) is 11.8 Å². The van der Waals surface area contributed by atoms with Gasteiger partial charge in [-0.25, -0.2) is 0 Å². The van der Waals surface area contributed by atoms with Gasteiger partial charge in [0.25, 0.3) is 0 Å². The lowest BCUT2D eigenvalue weighted by Gasteiger charge is -2.30. The summed E-state index contributed by atoms with van der Waals surface area (Å²) in [5.74, 6) is -0.221. The molecule has 1 saturated heterocycles. The highest BCUT2D eigenvalue weighted by Crippen LogP contribution is 2.30. The summed E-state index contributed by atoms with van der Waals surface area (Å²) < 4.78 is 6.33. The van der Waals surface area contributed by atoms with E-state index in [1.54, 1.807) is 7.11 Å². The maximum atomic E-state index is 12.6. The predicted octanol–water partition coefficient (Wildman–Crippen LogP) is 3.43. The van der Waals surface area contributed by atoms with E-state index in [4.69, 9.17) is 4.74 Å². The second kappa shape index (κ2) is 8.86. The van der Waals surface area contributed by atoms with E-state index in [0.717, 1.165) is 48.0 Å². The number of hydrogen-bond donors (Lipinski definition) is 3. The molecule has 2 aliphatic rings. The summed E-state index contributed by atoms with van der Waals surface area (Å²) in [6.07, 6.45) is 6.44. The maximum Gasteiger partial charge on any atom is 0.247 e. The van der Waals surface area contributed by atoms with Crippen molar-refractivity contribution in [3.05, 3.63) is 22.7 Å². The smallest absolute Gasteiger partial charge is 0.247 e. The van der Waals surface area contributed by atoms with Crippen LogP contribution in [-0.2, 0) is 14.3 Å². The zero-order chi connectivity index (χ0) is 18.5. The van der Waals surface area contributed by atoms with Gasteiger partial charge in [0.2, 0.25) is 11.8 Å². The van der Waals surface area contributed by atoms with E-state index in [0.29, 0.717) is 25.0 Å². The molecule has 1 unspecified atom stereocenters. The summed E-state index contributed by atoms with van der Waals surface area (Å²) in [5.41, 5.74) is 1.64. The van der Waals surface area contributed by atoms with Gasteiger partial charge in [0.05, 0.1) is 17.5 Å². The van der Waals surface area contributed by atoms with Gasteiger partial charge in [0.15, 0.2) is 0 Å². The zero-order valence-corrected chi connectivity index (χ0v) is 16.6. The van der Waals surface area contributed by atoms with E-state index in [1.165, 1.54) is 0 Å². The number of hydrogen-bond acceptors (Lipinski definition) is 4. The molecule has 1 aliphatic heterocycles. The molecule has 1 aliphatic carbocycles. The first-order chi connectivity index (χ1) is 12.5. The highest BCUT2D eigenvalue weighted by molar-refractivity contribution is 9.10. The van der Waals surface area contributed by atoms with Gasteiger partial charge in [-0.3, -0.25) is 9.59 Å². The second-order valence-electron chi connectivity index (χ2n) is 7.05. The number of amides is 2. The van der Waals surface area contributed by atoms with Gasteiger partial charge >= 0.3 is 0 Å². The minimum absolute atomic E-state index is 0.0566. The molecule has 1 saturated carbocycles. The van der Waals surface area contributed by atoms with E-state index in [1.807, 2.05) is 18.2 Å². The molecule has 7 heteroatoms. The summed E-state index contributed by atoms with van der Waals surface area (Å²) in [7, 11) is 1.77. The van der Waals surface area contributed by atoms with Crippen LogP contribution in [0, 0.1) is 0 Å². The van der Waals surface area contributed by atoms with Gasteiger partial charge in [-0.05, 0) is 56.7 Å². The fourth-order valence-electron chi connectivity index (χ4n) is 3.63. The SMILES string of the molecule is CO[C@H]1CC[C@H](Nc2ccc(Br)cc2NC(=O)C2CCCC(=O)N2)CC1. The Bertz CT molecular complexity index is 659. The van der Waals surface area contributed by atoms with Crippen LogP contribution in [0.3, 0.4) is 0 Å². The summed E-state index contributed by atoms with van der Waals surface area (Å²) >= 11 is 3.47. The number of rotatable bonds is 5. The Morgan fingerprint density at radius 2 is 1.96 bits per heavy atom. The van der Waals surface area contributed by atoms with E-state index < -0.39 is 6.04 Å². The Kier molecular flexibility index (Phi) is 6.53. The van der Waals surface area contributed by atoms with Crippen LogP contribution in [0.5, 0.6) is 0 Å². The molecule has 142 valence electrons. The molecule has 1 atom stereocenters. The third kappa shape index (κ3) is 4.98. The zero-order valence-electron chi connectivity index (χ0n) is 15.0. The van der Waals surface area contributed by atoms with Crippen molar-refractivity contribution in [2.45, 2.75) is 63.1 Å². The molecule has 1 heterocycles. The van der Waals surface area contributed by atoms with Crippen LogP contribution >= 0.6 is 15.9 Å². The van der Waals surface area contributed by atoms with Crippen molar-refractivity contribution in [1.82, 2.24) is 5.32 Å². The average molecular weight is 424 g/mol. The summed E-state index contributed by atoms with van der Waals surface area (Å²) in [6, 6.07) is 5.74. The van der Waals surface area contributed by atoms with Crippen LogP contribution in [0.2, 0.25) is 0 Å². The lowest BCUT2D eigenvalue weighted by Crippen LogP contribution is -2.46. The third-order valence-corrected chi connectivity index (χ3v) is 5.65. The van der Waals surface area contributed by atoms with Crippen molar-refractivity contribution in [2.24, 2.45) is 0 Å². The van der Waals surface area contributed by atoms with Crippen molar-refractivity contribution >= 4 is 39.1 Å². The van der Waals surface area contributed by atoms with Crippen molar-refractivity contribution in [3.63, 3.8) is 0 Å². The number of carbonyl (C=O) groups excluding carboxylic acids is 2. The monoisotopic (exact) mass is 423 g/mol. The molecule has 0 aromatic heterocycles. The van der Waals surface area contributed by atoms with Gasteiger partial charge < -0.3 is 20.7 Å². The first kappa shape index (κ1) is 19.2. The topological polar surface area (TPSA) is 79.5 Å². The van der Waals surface area contributed by atoms with Crippen molar-refractivity contribution in [1.29, 1.82) is 0 Å². The lowest BCUT2D eigenvalue weighted by molar-refractivity contribution is -0.128. The summed E-state index contributed by atoms with van der Waals surface area (Å²) in [6.45, 7) is 0. The van der Waals surface area contributed by atoms with Gasteiger partial charge in [-0.1, -0.05) is 15.9 Å². The largest absolute Gasteiger partial charge is 0.381 e. The molecule has 0 bridgehead atoms. The van der Waals surface area contributed by atoms with E-state index >= 15 is 0 Å². The Hall–Kier alpha value is -1.60. The number of carbonyl (C=O) groups is 2. The fourth-order valence-corrected chi connectivity index (χ4v) is 3.99. The highest BCUT2D eigenvalue weighted by Gasteiger charge is 2.26. The van der Waals surface area contributed by atoms with Crippen molar-refractivity contribution in [2.75, 3.05) is 17.7 Å². The summed E-state index contributed by atoms with van der Waals surface area (Å²) in [4.78, 5) is 24.1. The number of ether oxygens (including phenoxy) is 1. The first-order valence-corrected chi connectivity index (χ1v) is 10.0. The van der Waals surface area contributed by atoms with E-state index in [2.05, 4.69) is 31.9 Å². The van der Waals surface area contributed by atoms with Crippen LogP contribution in [0.4, 0.5) is 11.4 Å². The number of anilines is 2. The Labute approximate surface area is 162 Å². The van der Waals surface area contributed by atoms with Crippen molar-refractivity contribution in [3.8, 4) is 0 Å². The molecule has 2 fully saturated rings. The van der Waals surface area contributed by atoms with Crippen LogP contribution < -0.4 is 16.0 Å². The molecule has 2 amide bonds. The lowest BCUT2D eigenvalue weighted by atomic mass is 9.92. The number of benzene rings is 1. The summed E-state index contributed by atoms with van der Waals surface area (Å²) in [5, 5.41) is 9.31. The number of piperidine rings is 1. The Morgan fingerprint density at radius 3 is 2.65 bits per heavy atom. The molecule has 0 radical (unpaired) electrons. The third-order valence-electron chi connectivity index (χ3n) is 5.15. The van der Waals surface area contributed by atoms with Crippen LogP contribution in [0.25, 0.3) is 0 Å². The van der Waals surface area contributed by atoms with E-state index in [9.17, 15) is 9.59 Å². The molecule has 6 nitrogen and oxygen atoms in total. The van der Waals surface area contributed by atoms with Gasteiger partial charge in [-0.2, -0.15) is 0 Å². The first-order valence-electron chi connectivity index (χ1n) is 9.24. The minimum atomic E-state index is -0.458. The average Bonchev–Trinajstić information content (AvgIpc) is 2.64. The molecule has 26 heavy (non-hydrogen) atoms. The molecular formula is C19H26BrN3O3. The standard InChI is InChI=1S/C19H26BrN3O3/c1-26-14-8-6-13(7-9-14)21-15-10-5-12(20)11-17(15)23-19(25)16-3-2-4-18(24)22-16/h5,10-11,13-14,16,21H,2-4,6-9H2,1H3,(H,22,24)(H,23,25)/t13-,14-,16?. The molecule has 3 rings (SSSR count). The number of halogens is 1. The maximum absolute atomic E-state index is 12.6. The molecular weight excluding hydrogens is 398 g/mol. The van der Waals surface area contributed by atoms with Crippen molar-refractivity contribution < 1.29 is 14.3 Å². The van der Waals surface area contributed by atoms with Crippen LogP contribution in [0.1, 0.15) is 44.9 Å². The second-order valence-corrected chi connectivity index (χ2v) is 7.96. The Balaban J connectivity index is 1.66. The van der Waals surface area contributed by atoms with Gasteiger partial charge in [-0.15, -0.1) is 0 Å². The fraction of sp³-hybridized carbons (Fsp3) is 0.579. The molecule has 1 aromatic carbocycles. The minimum Gasteiger partial charge on any atom is -0.381 e. The van der Waals surface area contributed by atoms with Gasteiger partial charge in [0, 0.05) is 24.0 Å². The molecule has 1 aromatic rings. The quantitative estimate of drug-likeness (QED) is 0.677. The molecule has 0 spiro atoms. The number of nitrogens with one attached hydrogen (secondary N) is 3.